The average Bonchev–Trinajstić information content (AvgIpc) is 3.15. The number of likely N-dealkylation sites (tertiary alicyclic amines) is 1. The number of carbonyl (C=O) groups is 2. The van der Waals surface area contributed by atoms with Gasteiger partial charge in [-0.3, -0.25) is 9.59 Å². The zero-order valence-electron chi connectivity index (χ0n) is 23.6. The molecule has 0 aliphatic carbocycles. The number of rotatable bonds is 13. The Hall–Kier alpha value is -3.32. The summed E-state index contributed by atoms with van der Waals surface area (Å²) in [5, 5.41) is 11.4. The lowest BCUT2D eigenvalue weighted by molar-refractivity contribution is -0.140. The molecule has 0 saturated carbocycles. The molecule has 0 spiro atoms. The third-order valence-electron chi connectivity index (χ3n) is 6.87. The predicted molar refractivity (Wildman–Crippen MR) is 151 cm³/mol. The molecule has 7 nitrogen and oxygen atoms in total. The van der Waals surface area contributed by atoms with Crippen molar-refractivity contribution in [1.29, 1.82) is 0 Å². The number of hydrogen-bond donors (Lipinski definition) is 1. The number of aliphatic hydroxyl groups excluding tert-OH is 1. The van der Waals surface area contributed by atoms with E-state index >= 15 is 0 Å². The number of likely N-dealkylation sites (N-methyl/N-ethyl adjacent to an activating group) is 1. The molecule has 1 saturated heterocycles. The number of aryl methyl sites for hydroxylation is 1. The van der Waals surface area contributed by atoms with Gasteiger partial charge in [0.05, 0.1) is 24.3 Å². The Morgan fingerprint density at radius 2 is 1.74 bits per heavy atom. The van der Waals surface area contributed by atoms with Crippen LogP contribution in [0, 0.1) is 6.92 Å². The standard InChI is InChI=1S/C31H42N2O5/c1-7-10-19-37-25-14-11-23(12-15-25)28-27(30(35)31(36)33(28)18-17-32(8-2)9-3)29(34)24-13-16-26(22(6)20-24)38-21(4)5/h11-16,20-21,28,34H,7-10,17-19H2,1-6H3/b29-27+. The van der Waals surface area contributed by atoms with Crippen LogP contribution in [0.4, 0.5) is 0 Å². The lowest BCUT2D eigenvalue weighted by Crippen LogP contribution is -2.38. The third-order valence-corrected chi connectivity index (χ3v) is 6.87. The van der Waals surface area contributed by atoms with E-state index in [1.165, 1.54) is 0 Å². The van der Waals surface area contributed by atoms with Crippen LogP contribution in [0.1, 0.15) is 70.2 Å². The number of Topliss-reactive ketones (excluding diaryl/α,β-unsaturated/α-hetero) is 1. The van der Waals surface area contributed by atoms with Crippen LogP contribution >= 0.6 is 0 Å². The summed E-state index contributed by atoms with van der Waals surface area (Å²) < 4.78 is 11.6. The van der Waals surface area contributed by atoms with Gasteiger partial charge >= 0.3 is 0 Å². The van der Waals surface area contributed by atoms with Crippen molar-refractivity contribution < 1.29 is 24.2 Å². The first-order valence-corrected chi connectivity index (χ1v) is 13.7. The molecular weight excluding hydrogens is 480 g/mol. The molecule has 0 radical (unpaired) electrons. The van der Waals surface area contributed by atoms with Gasteiger partial charge in [-0.25, -0.2) is 0 Å². The van der Waals surface area contributed by atoms with Crippen molar-refractivity contribution >= 4 is 17.4 Å². The number of ether oxygens (including phenoxy) is 2. The molecule has 1 heterocycles. The summed E-state index contributed by atoms with van der Waals surface area (Å²) in [6.07, 6.45) is 2.02. The van der Waals surface area contributed by atoms with E-state index in [1.54, 1.807) is 23.1 Å². The molecular formula is C31H42N2O5. The van der Waals surface area contributed by atoms with Crippen molar-refractivity contribution in [1.82, 2.24) is 9.80 Å². The lowest BCUT2D eigenvalue weighted by atomic mass is 9.94. The summed E-state index contributed by atoms with van der Waals surface area (Å²) in [7, 11) is 0. The second-order valence-electron chi connectivity index (χ2n) is 9.94. The second kappa shape index (κ2) is 13.5. The SMILES string of the molecule is CCCCOc1ccc(C2/C(=C(\O)c3ccc(OC(C)C)c(C)c3)C(=O)C(=O)N2CCN(CC)CC)cc1. The predicted octanol–water partition coefficient (Wildman–Crippen LogP) is 5.72. The average molecular weight is 523 g/mol. The van der Waals surface area contributed by atoms with E-state index in [-0.39, 0.29) is 17.4 Å². The summed E-state index contributed by atoms with van der Waals surface area (Å²) in [5.74, 6) is 0.00481. The molecule has 3 rings (SSSR count). The third kappa shape index (κ3) is 6.76. The maximum absolute atomic E-state index is 13.4. The normalized spacial score (nSPS) is 17.1. The van der Waals surface area contributed by atoms with Gasteiger partial charge in [0.15, 0.2) is 0 Å². The van der Waals surface area contributed by atoms with Crippen LogP contribution in [-0.4, -0.2) is 65.5 Å². The van der Waals surface area contributed by atoms with Gasteiger partial charge in [0.1, 0.15) is 17.3 Å². The minimum Gasteiger partial charge on any atom is -0.507 e. The van der Waals surface area contributed by atoms with E-state index in [4.69, 9.17) is 9.47 Å². The number of amides is 1. The van der Waals surface area contributed by atoms with Crippen molar-refractivity contribution in [3.63, 3.8) is 0 Å². The minimum atomic E-state index is -0.692. The largest absolute Gasteiger partial charge is 0.507 e. The molecule has 1 aliphatic rings. The van der Waals surface area contributed by atoms with Crippen molar-refractivity contribution in [2.24, 2.45) is 0 Å². The number of aliphatic hydroxyl groups is 1. The molecule has 0 aromatic heterocycles. The topological polar surface area (TPSA) is 79.3 Å². The highest BCUT2D eigenvalue weighted by atomic mass is 16.5. The van der Waals surface area contributed by atoms with Crippen LogP contribution in [0.15, 0.2) is 48.0 Å². The maximum Gasteiger partial charge on any atom is 0.295 e. The van der Waals surface area contributed by atoms with E-state index < -0.39 is 17.7 Å². The number of benzene rings is 2. The lowest BCUT2D eigenvalue weighted by Gasteiger charge is -2.28. The van der Waals surface area contributed by atoms with E-state index in [2.05, 4.69) is 25.7 Å². The number of nitrogens with zero attached hydrogens (tertiary/aromatic N) is 2. The zero-order chi connectivity index (χ0) is 27.8. The van der Waals surface area contributed by atoms with Gasteiger partial charge < -0.3 is 24.4 Å². The highest BCUT2D eigenvalue weighted by Crippen LogP contribution is 2.40. The molecule has 206 valence electrons. The summed E-state index contributed by atoms with van der Waals surface area (Å²) in [5.41, 5.74) is 2.17. The van der Waals surface area contributed by atoms with Gasteiger partial charge in [-0.15, -0.1) is 0 Å². The quantitative estimate of drug-likeness (QED) is 0.157. The van der Waals surface area contributed by atoms with Crippen LogP contribution < -0.4 is 9.47 Å². The maximum atomic E-state index is 13.4. The Morgan fingerprint density at radius 3 is 2.32 bits per heavy atom. The molecule has 1 aliphatic heterocycles. The number of hydrogen-bond acceptors (Lipinski definition) is 6. The Balaban J connectivity index is 2.04. The fourth-order valence-corrected chi connectivity index (χ4v) is 4.67. The van der Waals surface area contributed by atoms with E-state index in [1.807, 2.05) is 45.0 Å². The molecule has 1 N–H and O–H groups in total. The Bertz CT molecular complexity index is 1140. The van der Waals surface area contributed by atoms with Crippen LogP contribution in [0.2, 0.25) is 0 Å². The monoisotopic (exact) mass is 522 g/mol. The van der Waals surface area contributed by atoms with Gasteiger partial charge in [0.25, 0.3) is 11.7 Å². The van der Waals surface area contributed by atoms with E-state index in [9.17, 15) is 14.7 Å². The van der Waals surface area contributed by atoms with E-state index in [0.717, 1.165) is 42.8 Å². The van der Waals surface area contributed by atoms with Crippen LogP contribution in [0.3, 0.4) is 0 Å². The molecule has 38 heavy (non-hydrogen) atoms. The van der Waals surface area contributed by atoms with E-state index in [0.29, 0.717) is 31.0 Å². The summed E-state index contributed by atoms with van der Waals surface area (Å²) >= 11 is 0. The number of ketones is 1. The fourth-order valence-electron chi connectivity index (χ4n) is 4.67. The van der Waals surface area contributed by atoms with Crippen molar-refractivity contribution in [3.8, 4) is 11.5 Å². The first kappa shape index (κ1) is 29.2. The van der Waals surface area contributed by atoms with Crippen molar-refractivity contribution in [3.05, 3.63) is 64.7 Å². The molecule has 0 bridgehead atoms. The fraction of sp³-hybridized carbons (Fsp3) is 0.484. The minimum absolute atomic E-state index is 0.0122. The second-order valence-corrected chi connectivity index (χ2v) is 9.94. The first-order valence-electron chi connectivity index (χ1n) is 13.7. The zero-order valence-corrected chi connectivity index (χ0v) is 23.6. The van der Waals surface area contributed by atoms with Crippen LogP contribution in [0.5, 0.6) is 11.5 Å². The van der Waals surface area contributed by atoms with Gasteiger partial charge in [-0.2, -0.15) is 0 Å². The Morgan fingerprint density at radius 1 is 1.05 bits per heavy atom. The molecule has 1 unspecified atom stereocenters. The number of unbranched alkanes of at least 4 members (excludes halogenated alkanes) is 1. The van der Waals surface area contributed by atoms with Gasteiger partial charge in [0, 0.05) is 18.7 Å². The Labute approximate surface area is 227 Å². The van der Waals surface area contributed by atoms with Crippen LogP contribution in [-0.2, 0) is 9.59 Å². The van der Waals surface area contributed by atoms with Gasteiger partial charge in [-0.05, 0) is 81.7 Å². The summed E-state index contributed by atoms with van der Waals surface area (Å²) in [6, 6.07) is 12.1. The molecule has 2 aromatic rings. The molecule has 1 atom stereocenters. The highest BCUT2D eigenvalue weighted by molar-refractivity contribution is 6.46. The van der Waals surface area contributed by atoms with Crippen molar-refractivity contribution in [2.75, 3.05) is 32.8 Å². The molecule has 1 fully saturated rings. The molecule has 7 heteroatoms. The van der Waals surface area contributed by atoms with Gasteiger partial charge in [-0.1, -0.05) is 39.3 Å². The smallest absolute Gasteiger partial charge is 0.295 e. The van der Waals surface area contributed by atoms with Crippen molar-refractivity contribution in [2.45, 2.75) is 66.5 Å². The number of carbonyl (C=O) groups excluding carboxylic acids is 2. The van der Waals surface area contributed by atoms with Gasteiger partial charge in [0.2, 0.25) is 0 Å². The highest BCUT2D eigenvalue weighted by Gasteiger charge is 2.46. The van der Waals surface area contributed by atoms with Crippen LogP contribution in [0.25, 0.3) is 5.76 Å². The summed E-state index contributed by atoms with van der Waals surface area (Å²) in [4.78, 5) is 30.4. The first-order chi connectivity index (χ1) is 18.2. The molecule has 2 aromatic carbocycles. The Kier molecular flexibility index (Phi) is 10.4. The molecule has 1 amide bonds. The summed E-state index contributed by atoms with van der Waals surface area (Å²) in [6.45, 7) is 15.4.